The zero-order chi connectivity index (χ0) is 11.8. The van der Waals surface area contributed by atoms with E-state index in [1.54, 1.807) is 0 Å². The summed E-state index contributed by atoms with van der Waals surface area (Å²) in [5.74, 6) is 0.189. The van der Waals surface area contributed by atoms with E-state index in [1.165, 1.54) is 0 Å². The quantitative estimate of drug-likeness (QED) is 0.691. The molecule has 2 aliphatic rings. The lowest BCUT2D eigenvalue weighted by atomic mass is 9.89. The highest BCUT2D eigenvalue weighted by atomic mass is 16.5. The van der Waals surface area contributed by atoms with Crippen molar-refractivity contribution in [3.05, 3.63) is 0 Å². The molecule has 1 aliphatic carbocycles. The molecule has 1 aliphatic heterocycles. The Balaban J connectivity index is 1.86. The van der Waals surface area contributed by atoms with Crippen molar-refractivity contribution in [3.8, 4) is 0 Å². The van der Waals surface area contributed by atoms with E-state index in [-0.39, 0.29) is 17.3 Å². The number of piperidine rings is 1. The van der Waals surface area contributed by atoms with E-state index in [1.807, 2.05) is 13.8 Å². The lowest BCUT2D eigenvalue weighted by molar-refractivity contribution is -0.148. The predicted molar refractivity (Wildman–Crippen MR) is 59.8 cm³/mol. The van der Waals surface area contributed by atoms with Gasteiger partial charge < -0.3 is 15.2 Å². The van der Waals surface area contributed by atoms with Crippen molar-refractivity contribution in [1.82, 2.24) is 5.32 Å². The van der Waals surface area contributed by atoms with Gasteiger partial charge in [0.1, 0.15) is 0 Å². The number of carbonyl (C=O) groups is 1. The maximum Gasteiger partial charge on any atom is 0.309 e. The molecule has 3 atom stereocenters. The zero-order valence-electron chi connectivity index (χ0n) is 10.0. The van der Waals surface area contributed by atoms with Gasteiger partial charge in [0.25, 0.3) is 0 Å². The van der Waals surface area contributed by atoms with Crippen LogP contribution in [0, 0.1) is 17.3 Å². The summed E-state index contributed by atoms with van der Waals surface area (Å²) in [4.78, 5) is 11.8. The largest absolute Gasteiger partial charge is 0.465 e. The summed E-state index contributed by atoms with van der Waals surface area (Å²) >= 11 is 0. The number of aliphatic hydroxyl groups is 1. The fraction of sp³-hybridized carbons (Fsp3) is 0.917. The molecule has 2 fully saturated rings. The molecule has 0 aromatic rings. The van der Waals surface area contributed by atoms with Crippen LogP contribution in [0.25, 0.3) is 0 Å². The van der Waals surface area contributed by atoms with Crippen molar-refractivity contribution in [2.45, 2.75) is 32.8 Å². The van der Waals surface area contributed by atoms with Crippen LogP contribution in [0.4, 0.5) is 0 Å². The molecule has 0 aromatic carbocycles. The third-order valence-electron chi connectivity index (χ3n) is 3.73. The number of β-amino-alcohol motifs (C(OH)–C–C–N with tert-alkyl or cyclic N) is 1. The molecule has 0 aromatic heterocycles. The van der Waals surface area contributed by atoms with Crippen molar-refractivity contribution >= 4 is 5.97 Å². The van der Waals surface area contributed by atoms with Gasteiger partial charge in [0.2, 0.25) is 0 Å². The summed E-state index contributed by atoms with van der Waals surface area (Å²) in [5.41, 5.74) is -0.167. The number of rotatable bonds is 3. The molecule has 0 bridgehead atoms. The van der Waals surface area contributed by atoms with Gasteiger partial charge in [-0.15, -0.1) is 0 Å². The second kappa shape index (κ2) is 4.34. The van der Waals surface area contributed by atoms with Crippen LogP contribution in [0.15, 0.2) is 0 Å². The minimum Gasteiger partial charge on any atom is -0.465 e. The highest BCUT2D eigenvalue weighted by molar-refractivity contribution is 5.77. The molecule has 4 heteroatoms. The van der Waals surface area contributed by atoms with Crippen LogP contribution in [0.5, 0.6) is 0 Å². The SMILES string of the molecule is CC(C)COC(=O)[C@@H]1C[C@@]12CCNC[C@@H]2O. The molecular formula is C12H21NO3. The van der Waals surface area contributed by atoms with E-state index >= 15 is 0 Å². The molecule has 0 radical (unpaired) electrons. The molecule has 0 unspecified atom stereocenters. The number of aliphatic hydroxyl groups excluding tert-OH is 1. The molecule has 92 valence electrons. The first-order valence-corrected chi connectivity index (χ1v) is 6.11. The molecule has 4 nitrogen and oxygen atoms in total. The summed E-state index contributed by atoms with van der Waals surface area (Å²) in [5, 5.41) is 13.1. The predicted octanol–water partition coefficient (Wildman–Crippen LogP) is 0.546. The van der Waals surface area contributed by atoms with Crippen LogP contribution < -0.4 is 5.32 Å². The van der Waals surface area contributed by atoms with Gasteiger partial charge in [-0.3, -0.25) is 4.79 Å². The fourth-order valence-corrected chi connectivity index (χ4v) is 2.56. The Bertz CT molecular complexity index is 279. The van der Waals surface area contributed by atoms with E-state index in [4.69, 9.17) is 4.74 Å². The van der Waals surface area contributed by atoms with Crippen molar-refractivity contribution in [1.29, 1.82) is 0 Å². The third kappa shape index (κ3) is 2.09. The molecular weight excluding hydrogens is 206 g/mol. The van der Waals surface area contributed by atoms with Crippen molar-refractivity contribution < 1.29 is 14.6 Å². The van der Waals surface area contributed by atoms with Crippen LogP contribution in [0.2, 0.25) is 0 Å². The van der Waals surface area contributed by atoms with Crippen LogP contribution in [-0.2, 0) is 9.53 Å². The number of nitrogens with one attached hydrogen (secondary N) is 1. The molecule has 1 heterocycles. The Labute approximate surface area is 96.4 Å². The molecule has 1 spiro atoms. The van der Waals surface area contributed by atoms with E-state index < -0.39 is 6.10 Å². The Hall–Kier alpha value is -0.610. The average Bonchev–Trinajstić information content (AvgIpc) is 2.95. The average molecular weight is 227 g/mol. The molecule has 16 heavy (non-hydrogen) atoms. The Morgan fingerprint density at radius 2 is 2.38 bits per heavy atom. The Morgan fingerprint density at radius 3 is 3.00 bits per heavy atom. The third-order valence-corrected chi connectivity index (χ3v) is 3.73. The highest BCUT2D eigenvalue weighted by Crippen LogP contribution is 2.58. The van der Waals surface area contributed by atoms with Gasteiger partial charge in [-0.1, -0.05) is 13.8 Å². The van der Waals surface area contributed by atoms with Gasteiger partial charge in [0.15, 0.2) is 0 Å². The Kier molecular flexibility index (Phi) is 3.22. The van der Waals surface area contributed by atoms with Crippen LogP contribution >= 0.6 is 0 Å². The fourth-order valence-electron chi connectivity index (χ4n) is 2.56. The van der Waals surface area contributed by atoms with Crippen LogP contribution in [-0.4, -0.2) is 36.9 Å². The molecule has 1 saturated carbocycles. The number of hydrogen-bond acceptors (Lipinski definition) is 4. The minimum absolute atomic E-state index is 0.0663. The molecule has 0 amide bonds. The second-order valence-electron chi connectivity index (χ2n) is 5.48. The number of ether oxygens (including phenoxy) is 1. The van der Waals surface area contributed by atoms with Gasteiger partial charge in [-0.25, -0.2) is 0 Å². The minimum atomic E-state index is -0.391. The summed E-state index contributed by atoms with van der Waals surface area (Å²) in [6.45, 7) is 6.03. The van der Waals surface area contributed by atoms with E-state index in [9.17, 15) is 9.90 Å². The first-order chi connectivity index (χ1) is 7.56. The first-order valence-electron chi connectivity index (χ1n) is 6.11. The van der Waals surface area contributed by atoms with Crippen molar-refractivity contribution in [3.63, 3.8) is 0 Å². The lowest BCUT2D eigenvalue weighted by Crippen LogP contribution is -2.43. The van der Waals surface area contributed by atoms with Gasteiger partial charge in [-0.2, -0.15) is 0 Å². The first kappa shape index (κ1) is 11.9. The monoisotopic (exact) mass is 227 g/mol. The van der Waals surface area contributed by atoms with E-state index in [0.717, 1.165) is 19.4 Å². The number of esters is 1. The Morgan fingerprint density at radius 1 is 1.62 bits per heavy atom. The van der Waals surface area contributed by atoms with E-state index in [0.29, 0.717) is 19.1 Å². The smallest absolute Gasteiger partial charge is 0.309 e. The number of carbonyl (C=O) groups excluding carboxylic acids is 1. The highest BCUT2D eigenvalue weighted by Gasteiger charge is 2.63. The van der Waals surface area contributed by atoms with Crippen LogP contribution in [0.1, 0.15) is 26.7 Å². The lowest BCUT2D eigenvalue weighted by Gasteiger charge is -2.29. The zero-order valence-corrected chi connectivity index (χ0v) is 10.0. The molecule has 2 rings (SSSR count). The van der Waals surface area contributed by atoms with Gasteiger partial charge in [0.05, 0.1) is 18.6 Å². The standard InChI is InChI=1S/C12H21NO3/c1-8(2)7-16-11(15)9-5-12(9)3-4-13-6-10(12)14/h8-10,13-14H,3-7H2,1-2H3/t9-,10-,12-/m0/s1. The van der Waals surface area contributed by atoms with Gasteiger partial charge >= 0.3 is 5.97 Å². The van der Waals surface area contributed by atoms with Crippen molar-refractivity contribution in [2.75, 3.05) is 19.7 Å². The number of hydrogen-bond donors (Lipinski definition) is 2. The van der Waals surface area contributed by atoms with E-state index in [2.05, 4.69) is 5.32 Å². The topological polar surface area (TPSA) is 58.6 Å². The van der Waals surface area contributed by atoms with Crippen molar-refractivity contribution in [2.24, 2.45) is 17.3 Å². The van der Waals surface area contributed by atoms with Crippen LogP contribution in [0.3, 0.4) is 0 Å². The summed E-state index contributed by atoms with van der Waals surface area (Å²) in [6, 6.07) is 0. The molecule has 1 saturated heterocycles. The maximum atomic E-state index is 11.8. The van der Waals surface area contributed by atoms with Gasteiger partial charge in [-0.05, 0) is 25.3 Å². The summed E-state index contributed by atoms with van der Waals surface area (Å²) < 4.78 is 5.23. The second-order valence-corrected chi connectivity index (χ2v) is 5.48. The van der Waals surface area contributed by atoms with Gasteiger partial charge in [0, 0.05) is 12.0 Å². The normalized spacial score (nSPS) is 37.8. The molecule has 2 N–H and O–H groups in total. The maximum absolute atomic E-state index is 11.8. The summed E-state index contributed by atoms with van der Waals surface area (Å²) in [6.07, 6.45) is 1.29. The summed E-state index contributed by atoms with van der Waals surface area (Å²) in [7, 11) is 0.